The van der Waals surface area contributed by atoms with Gasteiger partial charge in [-0.3, -0.25) is 0 Å². The van der Waals surface area contributed by atoms with E-state index in [1.165, 1.54) is 7.11 Å². The van der Waals surface area contributed by atoms with E-state index in [4.69, 9.17) is 0 Å². The minimum Gasteiger partial charge on any atom is -0.467 e. The Hall–Kier alpha value is -0.610. The van der Waals surface area contributed by atoms with E-state index >= 15 is 0 Å². The molecule has 2 atom stereocenters. The molecule has 14 heavy (non-hydrogen) atoms. The zero-order valence-electron chi connectivity index (χ0n) is 8.69. The molecule has 0 aromatic carbocycles. The molecule has 0 spiro atoms. The molecule has 1 N–H and O–H groups in total. The summed E-state index contributed by atoms with van der Waals surface area (Å²) in [5.74, 6) is -0.470. The molecular formula is C10H17NO3. The smallest absolute Gasteiger partial charge is 0.337 e. The van der Waals surface area contributed by atoms with Gasteiger partial charge < -0.3 is 14.7 Å². The third-order valence-electron chi connectivity index (χ3n) is 3.70. The number of hydrogen-bond acceptors (Lipinski definition) is 4. The van der Waals surface area contributed by atoms with Gasteiger partial charge in [0.05, 0.1) is 7.11 Å². The van der Waals surface area contributed by atoms with Crippen LogP contribution in [0.15, 0.2) is 0 Å². The normalized spacial score (nSPS) is 42.5. The number of fused-ring (bicyclic) bond motifs is 2. The second-order valence-electron chi connectivity index (χ2n) is 4.48. The molecule has 0 aliphatic carbocycles. The summed E-state index contributed by atoms with van der Waals surface area (Å²) >= 11 is 0. The van der Waals surface area contributed by atoms with Crippen LogP contribution in [0.25, 0.3) is 0 Å². The van der Waals surface area contributed by atoms with Crippen LogP contribution in [0.1, 0.15) is 25.7 Å². The highest BCUT2D eigenvalue weighted by Gasteiger charge is 2.50. The van der Waals surface area contributed by atoms with Crippen molar-refractivity contribution >= 4 is 5.97 Å². The fraction of sp³-hybridized carbons (Fsp3) is 0.900. The van der Waals surface area contributed by atoms with Gasteiger partial charge in [0, 0.05) is 24.9 Å². The summed E-state index contributed by atoms with van der Waals surface area (Å²) in [4.78, 5) is 13.7. The highest BCUT2D eigenvalue weighted by molar-refractivity contribution is 5.79. The SMILES string of the molecule is COC(=O)C1(O)C[C@@H]2CC[C@@H](C1)N2C. The zero-order valence-corrected chi connectivity index (χ0v) is 8.69. The molecule has 0 amide bonds. The number of nitrogens with zero attached hydrogens (tertiary/aromatic N) is 1. The Morgan fingerprint density at radius 2 is 1.93 bits per heavy atom. The topological polar surface area (TPSA) is 49.8 Å². The average Bonchev–Trinajstić information content (AvgIpc) is 2.42. The Balaban J connectivity index is 2.15. The van der Waals surface area contributed by atoms with Gasteiger partial charge in [0.25, 0.3) is 0 Å². The van der Waals surface area contributed by atoms with Crippen LogP contribution in [-0.4, -0.2) is 47.8 Å². The molecule has 2 bridgehead atoms. The van der Waals surface area contributed by atoms with Crippen molar-refractivity contribution in [2.24, 2.45) is 0 Å². The lowest BCUT2D eigenvalue weighted by Crippen LogP contribution is -2.53. The monoisotopic (exact) mass is 199 g/mol. The van der Waals surface area contributed by atoms with Gasteiger partial charge in [-0.05, 0) is 19.9 Å². The molecule has 0 aromatic heterocycles. The molecule has 0 saturated carbocycles. The third kappa shape index (κ3) is 1.33. The lowest BCUT2D eigenvalue weighted by molar-refractivity contribution is -0.170. The predicted molar refractivity (Wildman–Crippen MR) is 50.8 cm³/mol. The molecule has 2 heterocycles. The van der Waals surface area contributed by atoms with Crippen LogP contribution in [0.5, 0.6) is 0 Å². The first kappa shape index (κ1) is 9.93. The standard InChI is InChI=1S/C10H17NO3/c1-11-7-3-4-8(11)6-10(13,5-7)9(12)14-2/h7-8,13H,3-6H2,1-2H3/t7-,8-/m0/s1. The Morgan fingerprint density at radius 1 is 1.43 bits per heavy atom. The summed E-state index contributed by atoms with van der Waals surface area (Å²) in [5, 5.41) is 10.1. The molecule has 0 aromatic rings. The van der Waals surface area contributed by atoms with E-state index < -0.39 is 11.6 Å². The maximum absolute atomic E-state index is 11.4. The van der Waals surface area contributed by atoms with Gasteiger partial charge in [-0.1, -0.05) is 0 Å². The van der Waals surface area contributed by atoms with Gasteiger partial charge in [-0.15, -0.1) is 0 Å². The predicted octanol–water partition coefficient (Wildman–Crippen LogP) is 0.147. The molecule has 0 unspecified atom stereocenters. The Kier molecular flexibility index (Phi) is 2.27. The number of rotatable bonds is 1. The average molecular weight is 199 g/mol. The number of aliphatic hydroxyl groups is 1. The van der Waals surface area contributed by atoms with E-state index in [1.807, 2.05) is 0 Å². The summed E-state index contributed by atoms with van der Waals surface area (Å²) in [7, 11) is 3.40. The quantitative estimate of drug-likeness (QED) is 0.611. The first-order valence-electron chi connectivity index (χ1n) is 5.09. The lowest BCUT2D eigenvalue weighted by Gasteiger charge is -2.40. The van der Waals surface area contributed by atoms with E-state index in [2.05, 4.69) is 16.7 Å². The lowest BCUT2D eigenvalue weighted by atomic mass is 9.86. The van der Waals surface area contributed by atoms with Gasteiger partial charge in [-0.2, -0.15) is 0 Å². The van der Waals surface area contributed by atoms with E-state index in [9.17, 15) is 9.90 Å². The van der Waals surface area contributed by atoms with Gasteiger partial charge in [0.1, 0.15) is 0 Å². The fourth-order valence-corrected chi connectivity index (χ4v) is 2.80. The molecule has 80 valence electrons. The molecule has 2 fully saturated rings. The van der Waals surface area contributed by atoms with Crippen LogP contribution in [0, 0.1) is 0 Å². The van der Waals surface area contributed by atoms with Crippen molar-refractivity contribution in [2.75, 3.05) is 14.2 Å². The minimum atomic E-state index is -1.23. The summed E-state index contributed by atoms with van der Waals surface area (Å²) in [6, 6.07) is 0.690. The number of ether oxygens (including phenoxy) is 1. The third-order valence-corrected chi connectivity index (χ3v) is 3.70. The molecular weight excluding hydrogens is 182 g/mol. The molecule has 2 rings (SSSR count). The highest BCUT2D eigenvalue weighted by atomic mass is 16.5. The maximum Gasteiger partial charge on any atom is 0.337 e. The molecule has 2 saturated heterocycles. The molecule has 2 aliphatic heterocycles. The van der Waals surface area contributed by atoms with Crippen molar-refractivity contribution in [2.45, 2.75) is 43.4 Å². The summed E-state index contributed by atoms with van der Waals surface area (Å²) < 4.78 is 4.64. The van der Waals surface area contributed by atoms with Gasteiger partial charge >= 0.3 is 5.97 Å². The fourth-order valence-electron chi connectivity index (χ4n) is 2.80. The van der Waals surface area contributed by atoms with Crippen LogP contribution in [0.3, 0.4) is 0 Å². The van der Waals surface area contributed by atoms with Crippen LogP contribution in [-0.2, 0) is 9.53 Å². The number of piperidine rings is 1. The second-order valence-corrected chi connectivity index (χ2v) is 4.48. The van der Waals surface area contributed by atoms with Crippen molar-refractivity contribution in [1.29, 1.82) is 0 Å². The summed E-state index contributed by atoms with van der Waals surface area (Å²) in [5.41, 5.74) is -1.23. The highest BCUT2D eigenvalue weighted by Crippen LogP contribution is 2.40. The second kappa shape index (κ2) is 3.21. The number of methoxy groups -OCH3 is 1. The number of carbonyl (C=O) groups is 1. The van der Waals surface area contributed by atoms with Crippen molar-refractivity contribution in [3.8, 4) is 0 Å². The van der Waals surface area contributed by atoms with Crippen molar-refractivity contribution in [1.82, 2.24) is 4.90 Å². The number of hydrogen-bond donors (Lipinski definition) is 1. The zero-order chi connectivity index (χ0) is 10.3. The van der Waals surface area contributed by atoms with E-state index in [0.717, 1.165) is 12.8 Å². The van der Waals surface area contributed by atoms with Crippen LogP contribution < -0.4 is 0 Å². The van der Waals surface area contributed by atoms with Crippen molar-refractivity contribution in [3.05, 3.63) is 0 Å². The molecule has 2 aliphatic rings. The van der Waals surface area contributed by atoms with Gasteiger partial charge in [-0.25, -0.2) is 4.79 Å². The largest absolute Gasteiger partial charge is 0.467 e. The maximum atomic E-state index is 11.4. The minimum absolute atomic E-state index is 0.345. The van der Waals surface area contributed by atoms with Crippen molar-refractivity contribution in [3.63, 3.8) is 0 Å². The van der Waals surface area contributed by atoms with Crippen LogP contribution in [0.2, 0.25) is 0 Å². The first-order valence-corrected chi connectivity index (χ1v) is 5.09. The summed E-state index contributed by atoms with van der Waals surface area (Å²) in [6.07, 6.45) is 3.21. The van der Waals surface area contributed by atoms with Crippen LogP contribution in [0.4, 0.5) is 0 Å². The van der Waals surface area contributed by atoms with Crippen LogP contribution >= 0.6 is 0 Å². The first-order chi connectivity index (χ1) is 6.57. The molecule has 4 heteroatoms. The molecule has 0 radical (unpaired) electrons. The number of esters is 1. The summed E-state index contributed by atoms with van der Waals surface area (Å²) in [6.45, 7) is 0. The van der Waals surface area contributed by atoms with Gasteiger partial charge in [0.2, 0.25) is 0 Å². The van der Waals surface area contributed by atoms with Gasteiger partial charge in [0.15, 0.2) is 5.60 Å². The van der Waals surface area contributed by atoms with E-state index in [0.29, 0.717) is 24.9 Å². The van der Waals surface area contributed by atoms with Crippen molar-refractivity contribution < 1.29 is 14.6 Å². The van der Waals surface area contributed by atoms with E-state index in [-0.39, 0.29) is 0 Å². The Labute approximate surface area is 83.8 Å². The number of carbonyl (C=O) groups excluding carboxylic acids is 1. The molecule has 4 nitrogen and oxygen atoms in total. The Bertz CT molecular complexity index is 240. The Morgan fingerprint density at radius 3 is 2.36 bits per heavy atom. The van der Waals surface area contributed by atoms with E-state index in [1.54, 1.807) is 0 Å².